The molecule has 5 heteroatoms. The maximum atomic E-state index is 11.3. The zero-order chi connectivity index (χ0) is 12.1. The maximum absolute atomic E-state index is 11.3. The third kappa shape index (κ3) is 3.66. The van der Waals surface area contributed by atoms with Crippen LogP contribution in [0.2, 0.25) is 0 Å². The minimum atomic E-state index is -0.725. The van der Waals surface area contributed by atoms with E-state index in [1.165, 1.54) is 0 Å². The van der Waals surface area contributed by atoms with Gasteiger partial charge in [0.15, 0.2) is 0 Å². The van der Waals surface area contributed by atoms with Crippen molar-refractivity contribution in [2.75, 3.05) is 16.8 Å². The molecular weight excluding hydrogens is 254 g/mol. The van der Waals surface area contributed by atoms with E-state index < -0.39 is 12.0 Å². The van der Waals surface area contributed by atoms with Gasteiger partial charge < -0.3 is 5.11 Å². The van der Waals surface area contributed by atoms with E-state index >= 15 is 0 Å². The lowest BCUT2D eigenvalue weighted by Gasteiger charge is -2.31. The second-order valence-electron chi connectivity index (χ2n) is 3.92. The highest BCUT2D eigenvalue weighted by Crippen LogP contribution is 2.24. The first-order valence-corrected chi connectivity index (χ1v) is 7.74. The summed E-state index contributed by atoms with van der Waals surface area (Å²) < 4.78 is 0. The Morgan fingerprint density at radius 2 is 1.94 bits per heavy atom. The molecule has 0 spiro atoms. The van der Waals surface area contributed by atoms with Gasteiger partial charge in [0.05, 0.1) is 0 Å². The molecule has 0 radical (unpaired) electrons. The number of nitrogens with zero attached hydrogens (tertiary/aromatic N) is 1. The van der Waals surface area contributed by atoms with Crippen LogP contribution < -0.4 is 0 Å². The Bertz CT molecular complexity index is 366. The van der Waals surface area contributed by atoms with Crippen LogP contribution in [0.5, 0.6) is 0 Å². The molecule has 1 aliphatic rings. The Morgan fingerprint density at radius 3 is 2.53 bits per heavy atom. The average Bonchev–Trinajstić information content (AvgIpc) is 2.38. The van der Waals surface area contributed by atoms with Gasteiger partial charge in [0.1, 0.15) is 6.04 Å². The van der Waals surface area contributed by atoms with Gasteiger partial charge in [0, 0.05) is 16.8 Å². The number of thioether (sulfide) groups is 2. The van der Waals surface area contributed by atoms with Crippen molar-refractivity contribution in [3.05, 3.63) is 35.9 Å². The van der Waals surface area contributed by atoms with Gasteiger partial charge in [0.2, 0.25) is 0 Å². The van der Waals surface area contributed by atoms with E-state index in [0.29, 0.717) is 6.42 Å². The van der Waals surface area contributed by atoms with Crippen LogP contribution in [0.4, 0.5) is 0 Å². The van der Waals surface area contributed by atoms with Gasteiger partial charge in [-0.1, -0.05) is 30.3 Å². The Hall–Kier alpha value is -0.650. The molecule has 1 N–H and O–H groups in total. The third-order valence-corrected chi connectivity index (χ3v) is 5.04. The topological polar surface area (TPSA) is 40.5 Å². The molecule has 0 aliphatic carbocycles. The summed E-state index contributed by atoms with van der Waals surface area (Å²) in [6.07, 6.45) is 0.581. The van der Waals surface area contributed by atoms with Gasteiger partial charge in [0.25, 0.3) is 0 Å². The molecule has 1 aliphatic heterocycles. The Balaban J connectivity index is 2.04. The molecule has 1 fully saturated rings. The highest BCUT2D eigenvalue weighted by atomic mass is 32.2. The van der Waals surface area contributed by atoms with Crippen molar-refractivity contribution < 1.29 is 9.90 Å². The first-order chi connectivity index (χ1) is 8.27. The van der Waals surface area contributed by atoms with Crippen LogP contribution in [0.3, 0.4) is 0 Å². The molecule has 0 amide bonds. The summed E-state index contributed by atoms with van der Waals surface area (Å²) in [6.45, 7) is 0. The van der Waals surface area contributed by atoms with Gasteiger partial charge in [-0.2, -0.15) is 0 Å². The summed E-state index contributed by atoms with van der Waals surface area (Å²) in [7, 11) is 0. The fraction of sp³-hybridized carbons (Fsp3) is 0.417. The molecule has 17 heavy (non-hydrogen) atoms. The van der Waals surface area contributed by atoms with E-state index in [1.54, 1.807) is 23.5 Å². The standard InChI is InChI=1S/C12H15NO2S2/c14-12(15)11(13-7-16-9-17-8-13)6-10-4-2-1-3-5-10/h1-5,11H,6-9H2,(H,14,15). The van der Waals surface area contributed by atoms with Crippen LogP contribution in [0.15, 0.2) is 30.3 Å². The molecule has 1 aromatic carbocycles. The molecule has 1 unspecified atom stereocenters. The number of hydrogen-bond donors (Lipinski definition) is 1. The van der Waals surface area contributed by atoms with Crippen LogP contribution in [0, 0.1) is 0 Å². The van der Waals surface area contributed by atoms with Gasteiger partial charge in [-0.15, -0.1) is 23.5 Å². The summed E-state index contributed by atoms with van der Waals surface area (Å²) in [5, 5.41) is 10.4. The van der Waals surface area contributed by atoms with E-state index in [4.69, 9.17) is 0 Å². The second kappa shape index (κ2) is 6.33. The molecule has 1 aromatic rings. The Labute approximate surface area is 110 Å². The SMILES string of the molecule is O=C(O)C(Cc1ccccc1)N1CSCSC1. The lowest BCUT2D eigenvalue weighted by molar-refractivity contribution is -0.142. The zero-order valence-electron chi connectivity index (χ0n) is 9.41. The summed E-state index contributed by atoms with van der Waals surface area (Å²) >= 11 is 3.57. The van der Waals surface area contributed by atoms with Crippen molar-refractivity contribution in [3.8, 4) is 0 Å². The van der Waals surface area contributed by atoms with Crippen LogP contribution in [0.25, 0.3) is 0 Å². The van der Waals surface area contributed by atoms with Crippen molar-refractivity contribution in [2.24, 2.45) is 0 Å². The molecule has 92 valence electrons. The predicted molar refractivity (Wildman–Crippen MR) is 73.2 cm³/mol. The lowest BCUT2D eigenvalue weighted by atomic mass is 10.1. The van der Waals surface area contributed by atoms with E-state index in [0.717, 1.165) is 22.4 Å². The van der Waals surface area contributed by atoms with Crippen molar-refractivity contribution in [3.63, 3.8) is 0 Å². The largest absolute Gasteiger partial charge is 0.480 e. The first kappa shape index (κ1) is 12.8. The van der Waals surface area contributed by atoms with Crippen molar-refractivity contribution >= 4 is 29.5 Å². The zero-order valence-corrected chi connectivity index (χ0v) is 11.0. The number of rotatable bonds is 4. The average molecular weight is 269 g/mol. The lowest BCUT2D eigenvalue weighted by Crippen LogP contribution is -2.43. The van der Waals surface area contributed by atoms with Crippen LogP contribution in [-0.2, 0) is 11.2 Å². The molecule has 1 atom stereocenters. The van der Waals surface area contributed by atoms with E-state index in [-0.39, 0.29) is 0 Å². The third-order valence-electron chi connectivity index (χ3n) is 2.68. The fourth-order valence-corrected chi connectivity index (χ4v) is 3.99. The minimum Gasteiger partial charge on any atom is -0.480 e. The highest BCUT2D eigenvalue weighted by Gasteiger charge is 2.27. The molecule has 3 nitrogen and oxygen atoms in total. The number of carboxylic acid groups (broad SMARTS) is 1. The smallest absolute Gasteiger partial charge is 0.321 e. The van der Waals surface area contributed by atoms with Crippen LogP contribution in [0.1, 0.15) is 5.56 Å². The Kier molecular flexibility index (Phi) is 4.76. The molecule has 2 rings (SSSR count). The summed E-state index contributed by atoms with van der Waals surface area (Å²) in [4.78, 5) is 13.4. The predicted octanol–water partition coefficient (Wildman–Crippen LogP) is 2.34. The molecule has 1 saturated heterocycles. The van der Waals surface area contributed by atoms with Crippen molar-refractivity contribution in [1.29, 1.82) is 0 Å². The number of carbonyl (C=O) groups is 1. The van der Waals surface area contributed by atoms with E-state index in [2.05, 4.69) is 0 Å². The maximum Gasteiger partial charge on any atom is 0.321 e. The van der Waals surface area contributed by atoms with E-state index in [1.807, 2.05) is 35.2 Å². The first-order valence-electron chi connectivity index (χ1n) is 5.43. The summed E-state index contributed by atoms with van der Waals surface area (Å²) in [5.41, 5.74) is 1.08. The number of hydrogen-bond acceptors (Lipinski definition) is 4. The molecule has 0 bridgehead atoms. The quantitative estimate of drug-likeness (QED) is 0.908. The summed E-state index contributed by atoms with van der Waals surface area (Å²) in [6, 6.07) is 9.42. The molecule has 0 saturated carbocycles. The fourth-order valence-electron chi connectivity index (χ4n) is 1.80. The number of benzene rings is 1. The van der Waals surface area contributed by atoms with Gasteiger partial charge in [-0.05, 0) is 12.0 Å². The van der Waals surface area contributed by atoms with Crippen LogP contribution >= 0.6 is 23.5 Å². The van der Waals surface area contributed by atoms with Gasteiger partial charge in [-0.25, -0.2) is 0 Å². The van der Waals surface area contributed by atoms with Crippen molar-refractivity contribution in [2.45, 2.75) is 12.5 Å². The van der Waals surface area contributed by atoms with Gasteiger partial charge >= 0.3 is 5.97 Å². The monoisotopic (exact) mass is 269 g/mol. The second-order valence-corrected chi connectivity index (χ2v) is 6.19. The van der Waals surface area contributed by atoms with Gasteiger partial charge in [-0.3, -0.25) is 9.69 Å². The summed E-state index contributed by atoms with van der Waals surface area (Å²) in [5.74, 6) is 0.907. The number of carboxylic acids is 1. The number of aliphatic carboxylic acids is 1. The highest BCUT2D eigenvalue weighted by molar-refractivity contribution is 8.16. The van der Waals surface area contributed by atoms with Crippen LogP contribution in [-0.4, -0.2) is 38.9 Å². The van der Waals surface area contributed by atoms with Crippen molar-refractivity contribution in [1.82, 2.24) is 4.90 Å². The molecule has 1 heterocycles. The molecular formula is C12H15NO2S2. The minimum absolute atomic E-state index is 0.405. The Morgan fingerprint density at radius 1 is 1.29 bits per heavy atom. The molecule has 0 aromatic heterocycles. The normalized spacial score (nSPS) is 18.8. The van der Waals surface area contributed by atoms with E-state index in [9.17, 15) is 9.90 Å².